The number of piperazine rings is 1. The largest absolute Gasteiger partial charge is 0.396 e. The van der Waals surface area contributed by atoms with Crippen LogP contribution in [0, 0.1) is 12.3 Å². The van der Waals surface area contributed by atoms with Crippen LogP contribution in [0.3, 0.4) is 0 Å². The van der Waals surface area contributed by atoms with E-state index < -0.39 is 0 Å². The molecule has 0 atom stereocenters. The summed E-state index contributed by atoms with van der Waals surface area (Å²) in [4.78, 5) is 9.12. The van der Waals surface area contributed by atoms with Gasteiger partial charge in [0.25, 0.3) is 0 Å². The van der Waals surface area contributed by atoms with Crippen LogP contribution in [0.25, 0.3) is 0 Å². The van der Waals surface area contributed by atoms with Crippen molar-refractivity contribution >= 4 is 5.96 Å². The molecule has 3 heterocycles. The number of ether oxygens (including phenoxy) is 1. The molecule has 0 unspecified atom stereocenters. The minimum atomic E-state index is -0.0964. The minimum absolute atomic E-state index is 0.0964. The topological polar surface area (TPSA) is 86.4 Å². The van der Waals surface area contributed by atoms with Gasteiger partial charge < -0.3 is 24.6 Å². The van der Waals surface area contributed by atoms with Gasteiger partial charge in [0, 0.05) is 71.0 Å². The van der Waals surface area contributed by atoms with Crippen LogP contribution in [0.5, 0.6) is 0 Å². The van der Waals surface area contributed by atoms with Crippen molar-refractivity contribution < 1.29 is 14.4 Å². The third-order valence-electron chi connectivity index (χ3n) is 5.46. The number of nitrogens with zero attached hydrogens (tertiary/aromatic N) is 4. The van der Waals surface area contributed by atoms with Gasteiger partial charge in [0.2, 0.25) is 0 Å². The number of hydrogen-bond donors (Lipinski definition) is 2. The lowest BCUT2D eigenvalue weighted by atomic mass is 9.81. The quantitative estimate of drug-likeness (QED) is 0.579. The van der Waals surface area contributed by atoms with Crippen molar-refractivity contribution in [3.63, 3.8) is 0 Å². The first-order chi connectivity index (χ1) is 12.6. The molecule has 0 bridgehead atoms. The Labute approximate surface area is 155 Å². The van der Waals surface area contributed by atoms with Gasteiger partial charge in [-0.25, -0.2) is 0 Å². The lowest BCUT2D eigenvalue weighted by Crippen LogP contribution is -2.54. The van der Waals surface area contributed by atoms with Gasteiger partial charge in [-0.3, -0.25) is 9.89 Å². The van der Waals surface area contributed by atoms with Crippen molar-refractivity contribution in [3.8, 4) is 0 Å². The average Bonchev–Trinajstić information content (AvgIpc) is 3.09. The fourth-order valence-electron chi connectivity index (χ4n) is 3.63. The van der Waals surface area contributed by atoms with E-state index in [0.717, 1.165) is 82.7 Å². The van der Waals surface area contributed by atoms with E-state index in [-0.39, 0.29) is 12.0 Å². The molecule has 146 valence electrons. The number of rotatable bonds is 5. The second-order valence-corrected chi connectivity index (χ2v) is 7.36. The Hall–Kier alpha value is -1.64. The molecule has 0 amide bonds. The summed E-state index contributed by atoms with van der Waals surface area (Å²) in [6, 6.07) is 2.00. The summed E-state index contributed by atoms with van der Waals surface area (Å²) >= 11 is 0. The van der Waals surface area contributed by atoms with E-state index in [1.54, 1.807) is 0 Å². The maximum Gasteiger partial charge on any atom is 0.193 e. The van der Waals surface area contributed by atoms with Crippen LogP contribution in [-0.2, 0) is 11.3 Å². The molecule has 26 heavy (non-hydrogen) atoms. The van der Waals surface area contributed by atoms with Crippen molar-refractivity contribution in [1.29, 1.82) is 0 Å². The first-order valence-electron chi connectivity index (χ1n) is 9.43. The fourth-order valence-corrected chi connectivity index (χ4v) is 3.63. The molecule has 2 fully saturated rings. The standard InChI is InChI=1S/C18H31N5O3/c1-15-11-16(21-26-15)12-22-5-7-23(8-6-22)17(19-2)20-13-18(14-24)3-9-25-10-4-18/h11,24H,3-10,12-14H2,1-2H3,(H,19,20). The summed E-state index contributed by atoms with van der Waals surface area (Å²) in [6.45, 7) is 8.88. The first-order valence-corrected chi connectivity index (χ1v) is 9.43. The third kappa shape index (κ3) is 4.75. The van der Waals surface area contributed by atoms with Crippen molar-refractivity contribution in [2.45, 2.75) is 26.3 Å². The van der Waals surface area contributed by atoms with Gasteiger partial charge in [-0.2, -0.15) is 0 Å². The van der Waals surface area contributed by atoms with E-state index in [9.17, 15) is 5.11 Å². The van der Waals surface area contributed by atoms with Gasteiger partial charge in [-0.05, 0) is 19.8 Å². The Morgan fingerprint density at radius 2 is 2.04 bits per heavy atom. The van der Waals surface area contributed by atoms with Gasteiger partial charge in [0.1, 0.15) is 5.76 Å². The van der Waals surface area contributed by atoms with Crippen LogP contribution in [0.4, 0.5) is 0 Å². The number of hydrogen-bond acceptors (Lipinski definition) is 6. The predicted molar refractivity (Wildman–Crippen MR) is 99.0 cm³/mol. The van der Waals surface area contributed by atoms with Gasteiger partial charge in [0.15, 0.2) is 5.96 Å². The highest BCUT2D eigenvalue weighted by Crippen LogP contribution is 2.29. The van der Waals surface area contributed by atoms with Crippen LogP contribution in [0.1, 0.15) is 24.3 Å². The fraction of sp³-hybridized carbons (Fsp3) is 0.778. The van der Waals surface area contributed by atoms with Gasteiger partial charge >= 0.3 is 0 Å². The molecule has 3 rings (SSSR count). The zero-order chi connectivity index (χ0) is 18.4. The Morgan fingerprint density at radius 1 is 1.31 bits per heavy atom. The molecular weight excluding hydrogens is 334 g/mol. The van der Waals surface area contributed by atoms with Crippen LogP contribution < -0.4 is 5.32 Å². The van der Waals surface area contributed by atoms with E-state index in [0.29, 0.717) is 0 Å². The summed E-state index contributed by atoms with van der Waals surface area (Å²) in [7, 11) is 1.82. The second-order valence-electron chi connectivity index (χ2n) is 7.36. The summed E-state index contributed by atoms with van der Waals surface area (Å²) in [5, 5.41) is 17.4. The molecule has 0 saturated carbocycles. The highest BCUT2D eigenvalue weighted by Gasteiger charge is 2.32. The molecule has 0 aromatic carbocycles. The number of guanidine groups is 1. The number of nitrogens with one attached hydrogen (secondary N) is 1. The van der Waals surface area contributed by atoms with Gasteiger partial charge in [-0.15, -0.1) is 0 Å². The molecule has 0 aliphatic carbocycles. The highest BCUT2D eigenvalue weighted by molar-refractivity contribution is 5.80. The van der Waals surface area contributed by atoms with Crippen molar-refractivity contribution in [2.24, 2.45) is 10.4 Å². The van der Waals surface area contributed by atoms with Gasteiger partial charge in [-0.1, -0.05) is 5.16 Å². The summed E-state index contributed by atoms with van der Waals surface area (Å²) in [6.07, 6.45) is 1.77. The molecule has 1 aromatic rings. The number of aliphatic hydroxyl groups excluding tert-OH is 1. The Bertz CT molecular complexity index is 589. The van der Waals surface area contributed by atoms with Crippen LogP contribution in [0.15, 0.2) is 15.6 Å². The maximum absolute atomic E-state index is 9.84. The average molecular weight is 365 g/mol. The SMILES string of the molecule is CN=C(NCC1(CO)CCOCC1)N1CCN(Cc2cc(C)on2)CC1. The molecule has 0 radical (unpaired) electrons. The van der Waals surface area contributed by atoms with Crippen molar-refractivity contribution in [1.82, 2.24) is 20.3 Å². The smallest absolute Gasteiger partial charge is 0.193 e. The zero-order valence-electron chi connectivity index (χ0n) is 15.9. The molecule has 2 N–H and O–H groups in total. The first kappa shape index (κ1) is 19.1. The molecule has 2 saturated heterocycles. The van der Waals surface area contributed by atoms with Crippen LogP contribution in [-0.4, -0.2) is 85.6 Å². The van der Waals surface area contributed by atoms with Crippen molar-refractivity contribution in [3.05, 3.63) is 17.5 Å². The lowest BCUT2D eigenvalue weighted by Gasteiger charge is -2.39. The maximum atomic E-state index is 9.84. The third-order valence-corrected chi connectivity index (χ3v) is 5.46. The zero-order valence-corrected chi connectivity index (χ0v) is 15.9. The Kier molecular flexibility index (Phi) is 6.50. The van der Waals surface area contributed by atoms with Crippen LogP contribution >= 0.6 is 0 Å². The highest BCUT2D eigenvalue weighted by atomic mass is 16.5. The molecule has 1 aromatic heterocycles. The molecule has 2 aliphatic heterocycles. The molecule has 2 aliphatic rings. The van der Waals surface area contributed by atoms with Crippen LogP contribution in [0.2, 0.25) is 0 Å². The van der Waals surface area contributed by atoms with E-state index >= 15 is 0 Å². The monoisotopic (exact) mass is 365 g/mol. The summed E-state index contributed by atoms with van der Waals surface area (Å²) in [5.74, 6) is 1.77. The lowest BCUT2D eigenvalue weighted by molar-refractivity contribution is -0.0135. The minimum Gasteiger partial charge on any atom is -0.396 e. The van der Waals surface area contributed by atoms with E-state index in [1.807, 2.05) is 20.0 Å². The number of aliphatic imine (C=N–C) groups is 1. The van der Waals surface area contributed by atoms with Crippen molar-refractivity contribution in [2.75, 3.05) is 59.6 Å². The number of aryl methyl sites for hydroxylation is 1. The number of aliphatic hydroxyl groups is 1. The van der Waals surface area contributed by atoms with Gasteiger partial charge in [0.05, 0.1) is 12.3 Å². The van der Waals surface area contributed by atoms with E-state index in [1.165, 1.54) is 0 Å². The molecule has 8 heteroatoms. The second kappa shape index (κ2) is 8.83. The Morgan fingerprint density at radius 3 is 2.62 bits per heavy atom. The summed E-state index contributed by atoms with van der Waals surface area (Å²) in [5.41, 5.74) is 0.892. The number of aromatic nitrogens is 1. The van der Waals surface area contributed by atoms with E-state index in [4.69, 9.17) is 9.26 Å². The molecule has 0 spiro atoms. The molecule has 8 nitrogen and oxygen atoms in total. The van der Waals surface area contributed by atoms with E-state index in [2.05, 4.69) is 25.3 Å². The Balaban J connectivity index is 1.47. The normalized spacial score (nSPS) is 21.8. The molecular formula is C18H31N5O3. The predicted octanol–water partition coefficient (Wildman–Crippen LogP) is 0.465. The summed E-state index contributed by atoms with van der Waals surface area (Å²) < 4.78 is 10.6.